The Morgan fingerprint density at radius 2 is 1.05 bits per heavy atom. The Kier molecular flexibility index (Phi) is 4.26. The number of amides is 2. The van der Waals surface area contributed by atoms with Crippen LogP contribution in [0.4, 0.5) is 0 Å². The summed E-state index contributed by atoms with van der Waals surface area (Å²) in [7, 11) is 0. The lowest BCUT2D eigenvalue weighted by atomic mass is 10.1. The number of ether oxygens (including phenoxy) is 2. The van der Waals surface area contributed by atoms with E-state index in [1.807, 2.05) is 5.32 Å². The van der Waals surface area contributed by atoms with E-state index < -0.39 is 46.1 Å². The Hall–Kier alpha value is -2.18. The summed E-state index contributed by atoms with van der Waals surface area (Å²) in [6.45, 7) is 9.63. The molecule has 0 unspecified atom stereocenters. The predicted octanol–water partition coefficient (Wildman–Crippen LogP) is 0.623. The number of nitrogens with one attached hydrogen (secondary N) is 1. The molecule has 0 spiro atoms. The lowest BCUT2D eigenvalue weighted by Gasteiger charge is -2.21. The molecule has 1 N–H and O–H groups in total. The van der Waals surface area contributed by atoms with Crippen molar-refractivity contribution in [2.45, 2.75) is 52.7 Å². The molecule has 1 heterocycles. The van der Waals surface area contributed by atoms with Gasteiger partial charge in [0.1, 0.15) is 22.3 Å². The molecule has 1 aliphatic rings. The summed E-state index contributed by atoms with van der Waals surface area (Å²) in [5.41, 5.74) is -2.97. The highest BCUT2D eigenvalue weighted by Crippen LogP contribution is 2.21. The van der Waals surface area contributed by atoms with Crippen molar-refractivity contribution in [1.29, 1.82) is 0 Å². The molecule has 0 fully saturated rings. The Morgan fingerprint density at radius 1 is 0.762 bits per heavy atom. The first kappa shape index (κ1) is 16.9. The zero-order valence-corrected chi connectivity index (χ0v) is 12.9. The number of carbonyl (C=O) groups excluding carboxylic acids is 4. The Morgan fingerprint density at radius 3 is 1.29 bits per heavy atom. The standard InChI is InChI=1S/C14H19NO6/c1-13(2,3)20-11(18)7-8(10(17)15-9(7)16)12(19)21-14(4,5)6/h1-6H3,(H,15,16,17). The second-order valence-corrected chi connectivity index (χ2v) is 6.54. The molecule has 0 atom stereocenters. The fourth-order valence-electron chi connectivity index (χ4n) is 1.50. The minimum atomic E-state index is -1.04. The molecule has 1 aliphatic heterocycles. The van der Waals surface area contributed by atoms with Crippen molar-refractivity contribution in [3.05, 3.63) is 11.1 Å². The van der Waals surface area contributed by atoms with Crippen LogP contribution in [0.3, 0.4) is 0 Å². The van der Waals surface area contributed by atoms with Crippen molar-refractivity contribution in [3.8, 4) is 0 Å². The summed E-state index contributed by atoms with van der Waals surface area (Å²) in [6.07, 6.45) is 0. The van der Waals surface area contributed by atoms with Crippen LogP contribution in [0.1, 0.15) is 41.5 Å². The van der Waals surface area contributed by atoms with Gasteiger partial charge in [0.2, 0.25) is 0 Å². The van der Waals surface area contributed by atoms with E-state index in [1.165, 1.54) is 0 Å². The van der Waals surface area contributed by atoms with Crippen LogP contribution in [-0.2, 0) is 28.7 Å². The van der Waals surface area contributed by atoms with Crippen LogP contribution in [-0.4, -0.2) is 35.0 Å². The first-order valence-electron chi connectivity index (χ1n) is 6.38. The quantitative estimate of drug-likeness (QED) is 0.456. The fourth-order valence-corrected chi connectivity index (χ4v) is 1.50. The second-order valence-electron chi connectivity index (χ2n) is 6.54. The lowest BCUT2D eigenvalue weighted by Crippen LogP contribution is -2.29. The largest absolute Gasteiger partial charge is 0.456 e. The summed E-state index contributed by atoms with van der Waals surface area (Å²) < 4.78 is 10.1. The average Bonchev–Trinajstić information content (AvgIpc) is 2.47. The number of hydrogen-bond acceptors (Lipinski definition) is 6. The molecule has 116 valence electrons. The van der Waals surface area contributed by atoms with Gasteiger partial charge in [0.05, 0.1) is 0 Å². The topological polar surface area (TPSA) is 98.8 Å². The SMILES string of the molecule is CC(C)(C)OC(=O)C1=C(C(=O)OC(C)(C)C)C(=O)NC1=O. The van der Waals surface area contributed by atoms with Gasteiger partial charge in [-0.2, -0.15) is 0 Å². The molecule has 21 heavy (non-hydrogen) atoms. The third-order valence-corrected chi connectivity index (χ3v) is 2.14. The van der Waals surface area contributed by atoms with Crippen LogP contribution in [0.2, 0.25) is 0 Å². The highest BCUT2D eigenvalue weighted by atomic mass is 16.6. The normalized spacial score (nSPS) is 15.9. The molecule has 0 aromatic heterocycles. The van der Waals surface area contributed by atoms with Gasteiger partial charge in [0.25, 0.3) is 11.8 Å². The van der Waals surface area contributed by atoms with Crippen molar-refractivity contribution >= 4 is 23.8 Å². The van der Waals surface area contributed by atoms with Crippen LogP contribution in [0.5, 0.6) is 0 Å². The molecule has 0 radical (unpaired) electrons. The van der Waals surface area contributed by atoms with E-state index in [2.05, 4.69) is 0 Å². The van der Waals surface area contributed by atoms with E-state index in [0.29, 0.717) is 0 Å². The summed E-state index contributed by atoms with van der Waals surface area (Å²) in [5, 5.41) is 1.90. The highest BCUT2D eigenvalue weighted by molar-refractivity contribution is 6.38. The maximum absolute atomic E-state index is 12.0. The smallest absolute Gasteiger partial charge is 0.345 e. The zero-order valence-electron chi connectivity index (χ0n) is 12.9. The summed E-state index contributed by atoms with van der Waals surface area (Å²) in [5.74, 6) is -4.00. The highest BCUT2D eigenvalue weighted by Gasteiger charge is 2.42. The monoisotopic (exact) mass is 297 g/mol. The minimum Gasteiger partial charge on any atom is -0.456 e. The van der Waals surface area contributed by atoms with Crippen LogP contribution in [0.25, 0.3) is 0 Å². The molecule has 0 saturated heterocycles. The van der Waals surface area contributed by atoms with Gasteiger partial charge in [0, 0.05) is 0 Å². The zero-order chi connectivity index (χ0) is 16.6. The Bertz CT molecular complexity index is 497. The van der Waals surface area contributed by atoms with Gasteiger partial charge in [0.15, 0.2) is 0 Å². The van der Waals surface area contributed by atoms with Crippen molar-refractivity contribution in [2.24, 2.45) is 0 Å². The van der Waals surface area contributed by atoms with Crippen molar-refractivity contribution in [1.82, 2.24) is 5.32 Å². The maximum atomic E-state index is 12.0. The molecule has 2 amide bonds. The van der Waals surface area contributed by atoms with Crippen molar-refractivity contribution < 1.29 is 28.7 Å². The predicted molar refractivity (Wildman–Crippen MR) is 71.9 cm³/mol. The van der Waals surface area contributed by atoms with Gasteiger partial charge < -0.3 is 9.47 Å². The van der Waals surface area contributed by atoms with Gasteiger partial charge >= 0.3 is 11.9 Å². The maximum Gasteiger partial charge on any atom is 0.345 e. The van der Waals surface area contributed by atoms with Crippen LogP contribution in [0.15, 0.2) is 11.1 Å². The van der Waals surface area contributed by atoms with E-state index in [4.69, 9.17) is 9.47 Å². The Balaban J connectivity index is 3.20. The summed E-state index contributed by atoms with van der Waals surface area (Å²) >= 11 is 0. The third-order valence-electron chi connectivity index (χ3n) is 2.14. The van der Waals surface area contributed by atoms with E-state index >= 15 is 0 Å². The second kappa shape index (κ2) is 5.31. The molecule has 1 rings (SSSR count). The number of imide groups is 1. The van der Waals surface area contributed by atoms with Crippen LogP contribution >= 0.6 is 0 Å². The molecule has 0 aliphatic carbocycles. The van der Waals surface area contributed by atoms with Crippen molar-refractivity contribution in [3.63, 3.8) is 0 Å². The molecule has 0 bridgehead atoms. The van der Waals surface area contributed by atoms with Gasteiger partial charge in [-0.3, -0.25) is 14.9 Å². The number of carbonyl (C=O) groups is 4. The van der Waals surface area contributed by atoms with E-state index in [9.17, 15) is 19.2 Å². The van der Waals surface area contributed by atoms with Crippen LogP contribution < -0.4 is 5.32 Å². The molecule has 7 nitrogen and oxygen atoms in total. The first-order valence-corrected chi connectivity index (χ1v) is 6.38. The van der Waals surface area contributed by atoms with Gasteiger partial charge in [-0.15, -0.1) is 0 Å². The number of esters is 2. The van der Waals surface area contributed by atoms with E-state index in [0.717, 1.165) is 0 Å². The van der Waals surface area contributed by atoms with Gasteiger partial charge in [-0.05, 0) is 41.5 Å². The summed E-state index contributed by atoms with van der Waals surface area (Å²) in [6, 6.07) is 0. The molecule has 0 saturated carbocycles. The number of rotatable bonds is 2. The molecule has 0 aromatic rings. The van der Waals surface area contributed by atoms with Crippen LogP contribution in [0, 0.1) is 0 Å². The van der Waals surface area contributed by atoms with Gasteiger partial charge in [-0.25, -0.2) is 9.59 Å². The molecule has 0 aromatic carbocycles. The fraction of sp³-hybridized carbons (Fsp3) is 0.571. The number of hydrogen-bond donors (Lipinski definition) is 1. The third kappa shape index (κ3) is 4.40. The average molecular weight is 297 g/mol. The van der Waals surface area contributed by atoms with Crippen molar-refractivity contribution in [2.75, 3.05) is 0 Å². The molecular formula is C14H19NO6. The Labute approximate surface area is 122 Å². The first-order chi connectivity index (χ1) is 9.32. The van der Waals surface area contributed by atoms with E-state index in [1.54, 1.807) is 41.5 Å². The molecule has 7 heteroatoms. The molecular weight excluding hydrogens is 278 g/mol. The lowest BCUT2D eigenvalue weighted by molar-refractivity contribution is -0.154. The minimum absolute atomic E-state index is 0.621. The van der Waals surface area contributed by atoms with Gasteiger partial charge in [-0.1, -0.05) is 0 Å². The summed E-state index contributed by atoms with van der Waals surface area (Å²) in [4.78, 5) is 47.4. The van der Waals surface area contributed by atoms with E-state index in [-0.39, 0.29) is 0 Å².